The molecule has 144 valence electrons. The molecule has 1 aliphatic rings. The number of hydrogen-bond donors (Lipinski definition) is 2. The number of aromatic hydroxyl groups is 1. The van der Waals surface area contributed by atoms with Gasteiger partial charge in [-0.25, -0.2) is 0 Å². The smallest absolute Gasteiger partial charge is 0.241 e. The van der Waals surface area contributed by atoms with Gasteiger partial charge in [0.2, 0.25) is 5.91 Å². The number of carbonyl (C=O) groups excluding carboxylic acids is 1. The van der Waals surface area contributed by atoms with Gasteiger partial charge in [0.05, 0.1) is 11.7 Å². The molecule has 1 fully saturated rings. The third-order valence-corrected chi connectivity index (χ3v) is 5.48. The van der Waals surface area contributed by atoms with Crippen molar-refractivity contribution in [1.82, 2.24) is 4.90 Å². The van der Waals surface area contributed by atoms with Crippen LogP contribution in [0, 0.1) is 0 Å². The van der Waals surface area contributed by atoms with Crippen molar-refractivity contribution in [2.24, 2.45) is 0 Å². The van der Waals surface area contributed by atoms with E-state index in [-0.39, 0.29) is 11.9 Å². The molecule has 0 saturated carbocycles. The van der Waals surface area contributed by atoms with E-state index in [1.807, 2.05) is 61.5 Å². The van der Waals surface area contributed by atoms with E-state index in [4.69, 9.17) is 0 Å². The molecule has 1 atom stereocenters. The second-order valence-corrected chi connectivity index (χ2v) is 7.24. The average molecular weight is 375 g/mol. The van der Waals surface area contributed by atoms with Crippen LogP contribution in [0.3, 0.4) is 0 Å². The Hall–Kier alpha value is -3.05. The number of fused-ring (bicyclic) bond motifs is 1. The third-order valence-electron chi connectivity index (χ3n) is 5.48. The molecule has 1 aliphatic heterocycles. The highest BCUT2D eigenvalue weighted by atomic mass is 16.3. The second-order valence-electron chi connectivity index (χ2n) is 7.24. The molecule has 1 saturated heterocycles. The molecule has 0 spiro atoms. The van der Waals surface area contributed by atoms with Gasteiger partial charge in [-0.1, -0.05) is 42.5 Å². The molecule has 3 aromatic rings. The molecule has 0 aromatic heterocycles. The number of rotatable bonds is 4. The molecule has 1 heterocycles. The Morgan fingerprint density at radius 3 is 2.36 bits per heavy atom. The number of phenols is 1. The Kier molecular flexibility index (Phi) is 5.17. The Morgan fingerprint density at radius 1 is 0.929 bits per heavy atom. The van der Waals surface area contributed by atoms with Crippen LogP contribution in [0.25, 0.3) is 10.8 Å². The number of nitrogens with one attached hydrogen (secondary N) is 1. The summed E-state index contributed by atoms with van der Waals surface area (Å²) in [5.41, 5.74) is 1.68. The van der Waals surface area contributed by atoms with Gasteiger partial charge >= 0.3 is 0 Å². The fourth-order valence-electron chi connectivity index (χ4n) is 3.76. The van der Waals surface area contributed by atoms with Crippen molar-refractivity contribution in [2.45, 2.75) is 13.0 Å². The van der Waals surface area contributed by atoms with E-state index >= 15 is 0 Å². The van der Waals surface area contributed by atoms with E-state index < -0.39 is 0 Å². The van der Waals surface area contributed by atoms with Crippen LogP contribution >= 0.6 is 0 Å². The van der Waals surface area contributed by atoms with Gasteiger partial charge in [-0.15, -0.1) is 0 Å². The van der Waals surface area contributed by atoms with E-state index in [0.717, 1.165) is 48.3 Å². The molecule has 5 nitrogen and oxygen atoms in total. The van der Waals surface area contributed by atoms with Crippen LogP contribution in [0.5, 0.6) is 5.75 Å². The van der Waals surface area contributed by atoms with Gasteiger partial charge in [-0.05, 0) is 42.0 Å². The van der Waals surface area contributed by atoms with Crippen LogP contribution in [0.4, 0.5) is 11.4 Å². The first-order valence-electron chi connectivity index (χ1n) is 9.68. The van der Waals surface area contributed by atoms with Crippen molar-refractivity contribution in [3.05, 3.63) is 66.7 Å². The molecule has 4 rings (SSSR count). The first-order valence-corrected chi connectivity index (χ1v) is 9.68. The fraction of sp³-hybridized carbons (Fsp3) is 0.261. The number of amides is 1. The highest BCUT2D eigenvalue weighted by molar-refractivity contribution is 5.97. The number of piperazine rings is 1. The quantitative estimate of drug-likeness (QED) is 0.730. The molecule has 3 aromatic carbocycles. The summed E-state index contributed by atoms with van der Waals surface area (Å²) in [6, 6.07) is 21.3. The van der Waals surface area contributed by atoms with E-state index in [2.05, 4.69) is 21.2 Å². The summed E-state index contributed by atoms with van der Waals surface area (Å²) in [5, 5.41) is 15.4. The van der Waals surface area contributed by atoms with Crippen molar-refractivity contribution in [1.29, 1.82) is 0 Å². The molecule has 0 bridgehead atoms. The highest BCUT2D eigenvalue weighted by Crippen LogP contribution is 2.27. The number of benzene rings is 3. The number of para-hydroxylation sites is 2. The van der Waals surface area contributed by atoms with Gasteiger partial charge in [-0.2, -0.15) is 0 Å². The number of nitrogens with zero attached hydrogens (tertiary/aromatic N) is 2. The first kappa shape index (κ1) is 18.3. The number of anilines is 2. The maximum absolute atomic E-state index is 12.7. The van der Waals surface area contributed by atoms with E-state index in [9.17, 15) is 9.90 Å². The van der Waals surface area contributed by atoms with Crippen molar-refractivity contribution in [3.63, 3.8) is 0 Å². The van der Waals surface area contributed by atoms with Crippen molar-refractivity contribution >= 4 is 28.1 Å². The Balaban J connectivity index is 1.37. The Labute approximate surface area is 165 Å². The van der Waals surface area contributed by atoms with E-state index in [1.54, 1.807) is 6.07 Å². The summed E-state index contributed by atoms with van der Waals surface area (Å²) >= 11 is 0. The third kappa shape index (κ3) is 3.80. The van der Waals surface area contributed by atoms with Crippen molar-refractivity contribution in [3.8, 4) is 5.75 Å². The lowest BCUT2D eigenvalue weighted by Crippen LogP contribution is -2.52. The minimum Gasteiger partial charge on any atom is -0.506 e. The highest BCUT2D eigenvalue weighted by Gasteiger charge is 2.26. The van der Waals surface area contributed by atoms with Gasteiger partial charge in [0.25, 0.3) is 0 Å². The summed E-state index contributed by atoms with van der Waals surface area (Å²) < 4.78 is 0. The largest absolute Gasteiger partial charge is 0.506 e. The molecule has 28 heavy (non-hydrogen) atoms. The SMILES string of the molecule is C[C@@H](C(=O)Nc1ccc2ccccc2c1)N1CCN(c2ccccc2O)CC1. The van der Waals surface area contributed by atoms with Crippen molar-refractivity contribution in [2.75, 3.05) is 36.4 Å². The first-order chi connectivity index (χ1) is 13.6. The van der Waals surface area contributed by atoms with Gasteiger partial charge in [0.15, 0.2) is 0 Å². The predicted octanol–water partition coefficient (Wildman–Crippen LogP) is 3.69. The maximum Gasteiger partial charge on any atom is 0.241 e. The minimum absolute atomic E-state index is 0.00582. The molecular weight excluding hydrogens is 350 g/mol. The van der Waals surface area contributed by atoms with Crippen LogP contribution < -0.4 is 10.2 Å². The fourth-order valence-corrected chi connectivity index (χ4v) is 3.76. The van der Waals surface area contributed by atoms with Crippen molar-refractivity contribution < 1.29 is 9.90 Å². The van der Waals surface area contributed by atoms with E-state index in [1.165, 1.54) is 0 Å². The molecule has 1 amide bonds. The topological polar surface area (TPSA) is 55.8 Å². The second kappa shape index (κ2) is 7.90. The summed E-state index contributed by atoms with van der Waals surface area (Å²) in [7, 11) is 0. The Morgan fingerprint density at radius 2 is 1.61 bits per heavy atom. The summed E-state index contributed by atoms with van der Waals surface area (Å²) in [4.78, 5) is 17.1. The van der Waals surface area contributed by atoms with Gasteiger partial charge in [-0.3, -0.25) is 9.69 Å². The molecule has 0 unspecified atom stereocenters. The van der Waals surface area contributed by atoms with Crippen LogP contribution in [0.2, 0.25) is 0 Å². The zero-order chi connectivity index (χ0) is 19.5. The average Bonchev–Trinajstić information content (AvgIpc) is 2.73. The number of hydrogen-bond acceptors (Lipinski definition) is 4. The molecule has 5 heteroatoms. The zero-order valence-electron chi connectivity index (χ0n) is 16.0. The molecule has 0 aliphatic carbocycles. The van der Waals surface area contributed by atoms with E-state index in [0.29, 0.717) is 5.75 Å². The summed E-state index contributed by atoms with van der Waals surface area (Å²) in [5.74, 6) is 0.310. The lowest BCUT2D eigenvalue weighted by molar-refractivity contribution is -0.120. The summed E-state index contributed by atoms with van der Waals surface area (Å²) in [6.07, 6.45) is 0. The lowest BCUT2D eigenvalue weighted by Gasteiger charge is -2.38. The van der Waals surface area contributed by atoms with Crippen LogP contribution in [-0.2, 0) is 4.79 Å². The van der Waals surface area contributed by atoms with Gasteiger partial charge in [0, 0.05) is 31.9 Å². The minimum atomic E-state index is -0.210. The lowest BCUT2D eigenvalue weighted by atomic mass is 10.1. The monoisotopic (exact) mass is 375 g/mol. The Bertz CT molecular complexity index is 980. The number of carbonyl (C=O) groups is 1. The molecular formula is C23H25N3O2. The summed E-state index contributed by atoms with van der Waals surface area (Å²) in [6.45, 7) is 5.07. The normalized spacial score (nSPS) is 16.1. The standard InChI is InChI=1S/C23H25N3O2/c1-17(23(28)24-20-11-10-18-6-2-3-7-19(18)16-20)25-12-14-26(15-13-25)21-8-4-5-9-22(21)27/h2-11,16-17,27H,12-15H2,1H3,(H,24,28)/t17-/m0/s1. The maximum atomic E-state index is 12.7. The predicted molar refractivity (Wildman–Crippen MR) is 114 cm³/mol. The van der Waals surface area contributed by atoms with Crippen LogP contribution in [-0.4, -0.2) is 48.1 Å². The van der Waals surface area contributed by atoms with Crippen LogP contribution in [0.15, 0.2) is 66.7 Å². The van der Waals surface area contributed by atoms with Gasteiger partial charge in [0.1, 0.15) is 5.75 Å². The molecule has 0 radical (unpaired) electrons. The number of phenolic OH excluding ortho intramolecular Hbond substituents is 1. The van der Waals surface area contributed by atoms with Gasteiger partial charge < -0.3 is 15.3 Å². The van der Waals surface area contributed by atoms with Crippen LogP contribution in [0.1, 0.15) is 6.92 Å². The zero-order valence-corrected chi connectivity index (χ0v) is 16.0. The molecule has 2 N–H and O–H groups in total.